The monoisotopic (exact) mass is 346 g/mol. The number of rotatable bonds is 10. The Morgan fingerprint density at radius 2 is 1.21 bits per heavy atom. The molecule has 0 aromatic heterocycles. The second kappa shape index (κ2) is 11.3. The van der Waals surface area contributed by atoms with Gasteiger partial charge in [0.2, 0.25) is 5.78 Å². The molecule has 0 fully saturated rings. The van der Waals surface area contributed by atoms with Crippen LogP contribution < -0.4 is 22.9 Å². The number of ether oxygens (including phenoxy) is 2. The molecule has 0 radical (unpaired) electrons. The fraction of sp³-hybridized carbons (Fsp3) is 0.615. The lowest BCUT2D eigenvalue weighted by Gasteiger charge is -2.09. The van der Waals surface area contributed by atoms with E-state index in [1.165, 1.54) is 0 Å². The third-order valence-electron chi connectivity index (χ3n) is 2.75. The zero-order chi connectivity index (χ0) is 18.7. The topological polar surface area (TPSA) is 208 Å². The maximum Gasteiger partial charge on any atom is 0.382 e. The zero-order valence-electron chi connectivity index (χ0n) is 13.1. The molecule has 0 aromatic carbocycles. The summed E-state index contributed by atoms with van der Waals surface area (Å²) in [6, 6.07) is -2.18. The van der Waals surface area contributed by atoms with Crippen molar-refractivity contribution >= 4 is 29.7 Å². The first kappa shape index (κ1) is 21.8. The van der Waals surface area contributed by atoms with Crippen LogP contribution in [-0.2, 0) is 33.4 Å². The lowest BCUT2D eigenvalue weighted by atomic mass is 10.2. The first-order chi connectivity index (χ1) is 11.2. The molecule has 0 spiro atoms. The Labute approximate surface area is 138 Å². The number of esters is 4. The van der Waals surface area contributed by atoms with Crippen molar-refractivity contribution in [2.24, 2.45) is 22.9 Å². The van der Waals surface area contributed by atoms with E-state index >= 15 is 0 Å². The first-order valence-corrected chi connectivity index (χ1v) is 7.17. The second-order valence-electron chi connectivity index (χ2n) is 4.79. The summed E-state index contributed by atoms with van der Waals surface area (Å²) in [5.74, 6) is -5.71. The van der Waals surface area contributed by atoms with Gasteiger partial charge in [-0.25, -0.2) is 14.4 Å². The van der Waals surface area contributed by atoms with Crippen LogP contribution in [0.4, 0.5) is 0 Å². The van der Waals surface area contributed by atoms with Crippen molar-refractivity contribution in [3.05, 3.63) is 0 Å². The second-order valence-corrected chi connectivity index (χ2v) is 4.79. The van der Waals surface area contributed by atoms with E-state index in [4.69, 9.17) is 22.9 Å². The van der Waals surface area contributed by atoms with Crippen LogP contribution in [0.2, 0.25) is 0 Å². The lowest BCUT2D eigenvalue weighted by Crippen LogP contribution is -2.37. The average Bonchev–Trinajstić information content (AvgIpc) is 2.52. The van der Waals surface area contributed by atoms with Gasteiger partial charge in [-0.05, 0) is 25.9 Å². The smallest absolute Gasteiger partial charge is 0.382 e. The highest BCUT2D eigenvalue weighted by atomic mass is 16.6. The summed E-state index contributed by atoms with van der Waals surface area (Å²) in [5.41, 5.74) is 21.1. The molecule has 8 N–H and O–H groups in total. The molecule has 0 heterocycles. The molecule has 0 unspecified atom stereocenters. The molecule has 0 aliphatic carbocycles. The number of carbonyl (C=O) groups excluding carboxylic acids is 5. The molecule has 0 saturated heterocycles. The van der Waals surface area contributed by atoms with Crippen LogP contribution in [-0.4, -0.2) is 54.8 Å². The summed E-state index contributed by atoms with van der Waals surface area (Å²) in [6.07, 6.45) is -0.950. The van der Waals surface area contributed by atoms with Gasteiger partial charge in [-0.15, -0.1) is 0 Å². The standard InChI is InChI=1S/C13H22N4O7/c14-5-3-7(16)11(20)23-10(19)2-1-9(18)13(22)24-12(21)8(17)4-6-15/h7-8H,1-6,14-17H2/t7-,8-/m0/s1. The maximum atomic E-state index is 11.5. The van der Waals surface area contributed by atoms with Gasteiger partial charge in [-0.3, -0.25) is 9.59 Å². The maximum absolute atomic E-state index is 11.5. The summed E-state index contributed by atoms with van der Waals surface area (Å²) in [4.78, 5) is 56.9. The Kier molecular flexibility index (Phi) is 10.3. The summed E-state index contributed by atoms with van der Waals surface area (Å²) in [6.45, 7) is 0.236. The Hall–Kier alpha value is -2.21. The lowest BCUT2D eigenvalue weighted by molar-refractivity contribution is -0.165. The quantitative estimate of drug-likeness (QED) is 0.176. The molecule has 0 rings (SSSR count). The van der Waals surface area contributed by atoms with Crippen molar-refractivity contribution in [1.29, 1.82) is 0 Å². The van der Waals surface area contributed by atoms with Crippen LogP contribution in [0, 0.1) is 0 Å². The van der Waals surface area contributed by atoms with E-state index in [9.17, 15) is 24.0 Å². The van der Waals surface area contributed by atoms with Crippen LogP contribution >= 0.6 is 0 Å². The van der Waals surface area contributed by atoms with Crippen LogP contribution in [0.25, 0.3) is 0 Å². The summed E-state index contributed by atoms with van der Waals surface area (Å²) >= 11 is 0. The van der Waals surface area contributed by atoms with E-state index in [0.717, 1.165) is 0 Å². The van der Waals surface area contributed by atoms with Gasteiger partial charge < -0.3 is 32.4 Å². The predicted octanol–water partition coefficient (Wildman–Crippen LogP) is -3.17. The molecule has 0 aliphatic rings. The number of hydrogen-bond donors (Lipinski definition) is 4. The molecule has 24 heavy (non-hydrogen) atoms. The van der Waals surface area contributed by atoms with Crippen molar-refractivity contribution in [2.75, 3.05) is 13.1 Å². The van der Waals surface area contributed by atoms with E-state index in [-0.39, 0.29) is 25.9 Å². The molecule has 0 aliphatic heterocycles. The number of nitrogens with two attached hydrogens (primary N) is 4. The third kappa shape index (κ3) is 8.43. The minimum atomic E-state index is -1.45. The van der Waals surface area contributed by atoms with Gasteiger partial charge in [0.25, 0.3) is 0 Å². The van der Waals surface area contributed by atoms with E-state index in [1.54, 1.807) is 0 Å². The molecule has 0 amide bonds. The summed E-state index contributed by atoms with van der Waals surface area (Å²) in [7, 11) is 0. The summed E-state index contributed by atoms with van der Waals surface area (Å²) < 4.78 is 8.63. The minimum Gasteiger partial charge on any atom is -0.392 e. The molecule has 0 aromatic rings. The van der Waals surface area contributed by atoms with Crippen molar-refractivity contribution in [1.82, 2.24) is 0 Å². The van der Waals surface area contributed by atoms with Crippen molar-refractivity contribution in [3.8, 4) is 0 Å². The number of Topliss-reactive ketones (excluding diaryl/α,β-unsaturated/α-hetero) is 1. The third-order valence-corrected chi connectivity index (χ3v) is 2.75. The van der Waals surface area contributed by atoms with E-state index in [1.807, 2.05) is 0 Å². The largest absolute Gasteiger partial charge is 0.392 e. The minimum absolute atomic E-state index is 0.0811. The average molecular weight is 346 g/mol. The Balaban J connectivity index is 4.24. The molecule has 2 atom stereocenters. The van der Waals surface area contributed by atoms with Gasteiger partial charge in [0.1, 0.15) is 12.1 Å². The Morgan fingerprint density at radius 1 is 0.750 bits per heavy atom. The number of carbonyl (C=O) groups is 5. The van der Waals surface area contributed by atoms with Crippen LogP contribution in [0.1, 0.15) is 25.7 Å². The van der Waals surface area contributed by atoms with E-state index in [0.29, 0.717) is 0 Å². The number of ketones is 1. The highest BCUT2D eigenvalue weighted by molar-refractivity contribution is 6.35. The highest BCUT2D eigenvalue weighted by Crippen LogP contribution is 2.00. The molecule has 11 nitrogen and oxygen atoms in total. The predicted molar refractivity (Wildman–Crippen MR) is 79.7 cm³/mol. The van der Waals surface area contributed by atoms with Crippen LogP contribution in [0.5, 0.6) is 0 Å². The highest BCUT2D eigenvalue weighted by Gasteiger charge is 2.25. The molecule has 136 valence electrons. The van der Waals surface area contributed by atoms with Gasteiger partial charge in [0, 0.05) is 6.42 Å². The Morgan fingerprint density at radius 3 is 1.67 bits per heavy atom. The van der Waals surface area contributed by atoms with Crippen molar-refractivity contribution < 1.29 is 33.4 Å². The van der Waals surface area contributed by atoms with Gasteiger partial charge in [0.15, 0.2) is 0 Å². The van der Waals surface area contributed by atoms with E-state index in [2.05, 4.69) is 9.47 Å². The number of hydrogen-bond acceptors (Lipinski definition) is 11. The van der Waals surface area contributed by atoms with Crippen LogP contribution in [0.15, 0.2) is 0 Å². The first-order valence-electron chi connectivity index (χ1n) is 7.17. The van der Waals surface area contributed by atoms with Crippen LogP contribution in [0.3, 0.4) is 0 Å². The zero-order valence-corrected chi connectivity index (χ0v) is 13.1. The molecule has 0 saturated carbocycles. The van der Waals surface area contributed by atoms with Gasteiger partial charge >= 0.3 is 23.9 Å². The Bertz CT molecular complexity index is 495. The molecule has 11 heteroatoms. The molecular weight excluding hydrogens is 324 g/mol. The normalized spacial score (nSPS) is 12.8. The fourth-order valence-corrected chi connectivity index (χ4v) is 1.38. The van der Waals surface area contributed by atoms with E-state index < -0.39 is 54.6 Å². The molecule has 0 bridgehead atoms. The fourth-order valence-electron chi connectivity index (χ4n) is 1.38. The van der Waals surface area contributed by atoms with Gasteiger partial charge in [-0.1, -0.05) is 0 Å². The van der Waals surface area contributed by atoms with Crippen molar-refractivity contribution in [3.63, 3.8) is 0 Å². The summed E-state index contributed by atoms with van der Waals surface area (Å²) in [5, 5.41) is 0. The van der Waals surface area contributed by atoms with Gasteiger partial charge in [-0.2, -0.15) is 0 Å². The van der Waals surface area contributed by atoms with Crippen molar-refractivity contribution in [2.45, 2.75) is 37.8 Å². The molecular formula is C13H22N4O7. The SMILES string of the molecule is NCC[C@H](N)C(=O)OC(=O)CCC(=O)C(=O)OC(=O)[C@@H](N)CCN. The van der Waals surface area contributed by atoms with Gasteiger partial charge in [0.05, 0.1) is 6.42 Å².